The van der Waals surface area contributed by atoms with E-state index in [2.05, 4.69) is 22.5 Å². The number of amides is 1. The first-order chi connectivity index (χ1) is 6.81. The minimum atomic E-state index is -0.153. The summed E-state index contributed by atoms with van der Waals surface area (Å²) in [4.78, 5) is 10.7. The van der Waals surface area contributed by atoms with E-state index in [9.17, 15) is 4.79 Å². The first kappa shape index (κ1) is 17.6. The molecule has 0 bridgehead atoms. The quantitative estimate of drug-likeness (QED) is 0.250. The summed E-state index contributed by atoms with van der Waals surface area (Å²) >= 11 is 0. The van der Waals surface area contributed by atoms with Gasteiger partial charge in [0.15, 0.2) is 0 Å². The molecular weight excluding hydrogens is 271 g/mol. The van der Waals surface area contributed by atoms with Crippen molar-refractivity contribution in [1.29, 1.82) is 0 Å². The molecule has 15 heavy (non-hydrogen) atoms. The van der Waals surface area contributed by atoms with Crippen molar-refractivity contribution in [3.63, 3.8) is 0 Å². The van der Waals surface area contributed by atoms with Gasteiger partial charge in [-0.05, 0) is 6.08 Å². The number of carbonyl (C=O) groups is 1. The largest absolute Gasteiger partial charge is 0.565 e. The van der Waals surface area contributed by atoms with Crippen molar-refractivity contribution in [2.75, 3.05) is 32.7 Å². The Morgan fingerprint density at radius 3 is 2.47 bits per heavy atom. The minimum absolute atomic E-state index is 0. The molecule has 0 aromatic rings. The molecule has 85 valence electrons. The molecule has 4 N–H and O–H groups in total. The average Bonchev–Trinajstić information content (AvgIpc) is 2.21. The molecule has 0 aliphatic heterocycles. The van der Waals surface area contributed by atoms with Gasteiger partial charge in [-0.2, -0.15) is 0 Å². The predicted molar refractivity (Wildman–Crippen MR) is 55.2 cm³/mol. The molecule has 0 atom stereocenters. The minimum Gasteiger partial charge on any atom is -0.565 e. The van der Waals surface area contributed by atoms with E-state index in [1.807, 2.05) is 0 Å². The molecule has 6 heteroatoms. The third kappa shape index (κ3) is 14.2. The van der Waals surface area contributed by atoms with E-state index in [0.717, 1.165) is 26.2 Å². The zero-order chi connectivity index (χ0) is 10.6. The first-order valence-corrected chi connectivity index (χ1v) is 4.59. The number of nitrogens with one attached hydrogen (secondary N) is 3. The van der Waals surface area contributed by atoms with Crippen LogP contribution in [0.4, 0.5) is 0 Å². The summed E-state index contributed by atoms with van der Waals surface area (Å²) < 4.78 is 0. The Bertz CT molecular complexity index is 167. The van der Waals surface area contributed by atoms with Gasteiger partial charge in [0.2, 0.25) is 5.91 Å². The molecule has 0 aromatic heterocycles. The van der Waals surface area contributed by atoms with Gasteiger partial charge in [-0.1, -0.05) is 6.58 Å². The zero-order valence-electron chi connectivity index (χ0n) is 8.83. The molecule has 0 spiro atoms. The van der Waals surface area contributed by atoms with Gasteiger partial charge >= 0.3 is 0 Å². The maximum Gasteiger partial charge on any atom is 0.243 e. The van der Waals surface area contributed by atoms with Gasteiger partial charge in [-0.15, -0.1) is 6.54 Å². The molecule has 1 amide bonds. The van der Waals surface area contributed by atoms with Crippen LogP contribution in [0.2, 0.25) is 0 Å². The van der Waals surface area contributed by atoms with Crippen molar-refractivity contribution in [3.8, 4) is 0 Å². The van der Waals surface area contributed by atoms with Crippen molar-refractivity contribution in [2.45, 2.75) is 0 Å². The van der Waals surface area contributed by atoms with Gasteiger partial charge < -0.3 is 21.1 Å². The molecule has 0 aliphatic carbocycles. The van der Waals surface area contributed by atoms with Crippen molar-refractivity contribution >= 4 is 5.91 Å². The number of carbonyl (C=O) groups excluding carboxylic acids is 1. The summed E-state index contributed by atoms with van der Waals surface area (Å²) in [6.07, 6.45) is 1.25. The molecule has 0 rings (SSSR count). The second-order valence-corrected chi connectivity index (χ2v) is 2.63. The smallest absolute Gasteiger partial charge is 0.243 e. The maximum absolute atomic E-state index is 10.7. The fraction of sp³-hybridized carbons (Fsp3) is 0.556. The second kappa shape index (κ2) is 14.2. The van der Waals surface area contributed by atoms with Crippen molar-refractivity contribution < 1.29 is 42.6 Å². The average molecular weight is 289 g/mol. The molecule has 1 radical (unpaired) electrons. The van der Waals surface area contributed by atoms with E-state index in [-0.39, 0.29) is 38.6 Å². The van der Waals surface area contributed by atoms with Gasteiger partial charge in [-0.3, -0.25) is 4.79 Å². The van der Waals surface area contributed by atoms with Crippen LogP contribution in [0.25, 0.3) is 0 Å². The van der Waals surface area contributed by atoms with Gasteiger partial charge in [0.25, 0.3) is 0 Å². The summed E-state index contributed by atoms with van der Waals surface area (Å²) in [7, 11) is 0. The molecule has 0 saturated carbocycles. The molecule has 0 aromatic carbocycles. The molecular formula is C9H18N3O2Y-. The Hall–Kier alpha value is 0.194. The van der Waals surface area contributed by atoms with Gasteiger partial charge in [0, 0.05) is 58.9 Å². The van der Waals surface area contributed by atoms with E-state index in [1.54, 1.807) is 0 Å². The van der Waals surface area contributed by atoms with Crippen LogP contribution in [0.5, 0.6) is 0 Å². The van der Waals surface area contributed by atoms with Crippen LogP contribution in [0.15, 0.2) is 12.7 Å². The van der Waals surface area contributed by atoms with E-state index in [0.29, 0.717) is 13.1 Å². The third-order valence-corrected chi connectivity index (χ3v) is 1.50. The second-order valence-electron chi connectivity index (χ2n) is 2.63. The van der Waals surface area contributed by atoms with Crippen LogP contribution in [0.3, 0.4) is 0 Å². The van der Waals surface area contributed by atoms with Crippen LogP contribution in [-0.2, 0) is 37.5 Å². The Labute approximate surface area is 116 Å². The van der Waals surface area contributed by atoms with E-state index in [1.165, 1.54) is 6.08 Å². The first-order valence-electron chi connectivity index (χ1n) is 4.59. The molecule has 5 nitrogen and oxygen atoms in total. The molecule has 0 aliphatic rings. The summed E-state index contributed by atoms with van der Waals surface area (Å²) in [5.41, 5.74) is 0. The number of hydrogen-bond donors (Lipinski definition) is 4. The van der Waals surface area contributed by atoms with Gasteiger partial charge in [0.05, 0.1) is 0 Å². The SMILES string of the molecule is C=CC(=O)NCCNCCNC[CH-]O.[Y]. The summed E-state index contributed by atoms with van der Waals surface area (Å²) in [6.45, 7) is 7.82. The Morgan fingerprint density at radius 1 is 1.27 bits per heavy atom. The van der Waals surface area contributed by atoms with Crippen molar-refractivity contribution in [3.05, 3.63) is 19.3 Å². The Balaban J connectivity index is 0. The third-order valence-electron chi connectivity index (χ3n) is 1.50. The fourth-order valence-corrected chi connectivity index (χ4v) is 0.815. The number of rotatable bonds is 9. The van der Waals surface area contributed by atoms with Gasteiger partial charge in [0.1, 0.15) is 0 Å². The van der Waals surface area contributed by atoms with Gasteiger partial charge in [-0.25, -0.2) is 6.61 Å². The summed E-state index contributed by atoms with van der Waals surface area (Å²) in [5.74, 6) is -0.153. The van der Waals surface area contributed by atoms with E-state index < -0.39 is 0 Å². The number of hydrogen-bond acceptors (Lipinski definition) is 4. The molecule has 0 fully saturated rings. The van der Waals surface area contributed by atoms with E-state index in [4.69, 9.17) is 5.11 Å². The van der Waals surface area contributed by atoms with Crippen LogP contribution >= 0.6 is 0 Å². The fourth-order valence-electron chi connectivity index (χ4n) is 0.815. The molecule has 0 unspecified atom stereocenters. The van der Waals surface area contributed by atoms with E-state index >= 15 is 0 Å². The molecule has 0 saturated heterocycles. The maximum atomic E-state index is 10.7. The van der Waals surface area contributed by atoms with Crippen LogP contribution < -0.4 is 16.0 Å². The van der Waals surface area contributed by atoms with Crippen molar-refractivity contribution in [2.24, 2.45) is 0 Å². The standard InChI is InChI=1S/C9H18N3O2.Y/c1-2-9(14)12-6-5-10-3-4-11-7-8-13;/h2,8,10-11,13H,1,3-7H2,(H,12,14);/q-1;. The van der Waals surface area contributed by atoms with Crippen LogP contribution in [-0.4, -0.2) is 43.7 Å². The predicted octanol–water partition coefficient (Wildman–Crippen LogP) is -1.00. The van der Waals surface area contributed by atoms with Crippen molar-refractivity contribution in [1.82, 2.24) is 16.0 Å². The summed E-state index contributed by atoms with van der Waals surface area (Å²) in [5, 5.41) is 17.1. The number of aliphatic hydroxyl groups is 1. The van der Waals surface area contributed by atoms with Crippen LogP contribution in [0.1, 0.15) is 0 Å². The monoisotopic (exact) mass is 289 g/mol. The number of aliphatic hydroxyl groups excluding tert-OH is 1. The zero-order valence-corrected chi connectivity index (χ0v) is 11.7. The topological polar surface area (TPSA) is 73.4 Å². The Morgan fingerprint density at radius 2 is 1.87 bits per heavy atom. The normalized spacial score (nSPS) is 9.13. The summed E-state index contributed by atoms with van der Waals surface area (Å²) in [6, 6.07) is 0. The Kier molecular flexibility index (Phi) is 16.6. The van der Waals surface area contributed by atoms with Crippen LogP contribution in [0, 0.1) is 6.61 Å². The molecule has 0 heterocycles.